The molecule has 4 aliphatic rings. The molecule has 6 rings (SSSR count). The Morgan fingerprint density at radius 1 is 0.739 bits per heavy atom. The lowest BCUT2D eigenvalue weighted by Gasteiger charge is -2.23. The van der Waals surface area contributed by atoms with Crippen LogP contribution in [0.25, 0.3) is 12.2 Å². The third-order valence-electron chi connectivity index (χ3n) is 9.96. The first kappa shape index (κ1) is 33.5. The molecule has 46 heavy (non-hydrogen) atoms. The van der Waals surface area contributed by atoms with Crippen molar-refractivity contribution in [1.82, 2.24) is 29.6 Å². The van der Waals surface area contributed by atoms with E-state index in [4.69, 9.17) is 0 Å². The van der Waals surface area contributed by atoms with Crippen LogP contribution >= 0.6 is 0 Å². The molecule has 2 fully saturated rings. The van der Waals surface area contributed by atoms with E-state index in [0.717, 1.165) is 11.4 Å². The molecule has 8 atom stereocenters. The van der Waals surface area contributed by atoms with E-state index < -0.39 is 12.1 Å². The molecule has 6 heterocycles. The molecule has 2 aromatic rings. The van der Waals surface area contributed by atoms with Gasteiger partial charge in [0.05, 0.1) is 24.2 Å². The molecule has 2 amide bonds. The zero-order chi connectivity index (χ0) is 33.4. The van der Waals surface area contributed by atoms with E-state index in [0.29, 0.717) is 24.2 Å². The number of nitrogens with zero attached hydrogens (tertiary/aromatic N) is 4. The number of likely N-dealkylation sites (N-methyl/N-ethyl adjacent to an activating group) is 2. The number of hydrogen-bond donors (Lipinski definition) is 4. The predicted molar refractivity (Wildman–Crippen MR) is 176 cm³/mol. The van der Waals surface area contributed by atoms with Crippen molar-refractivity contribution in [3.8, 4) is 0 Å². The van der Waals surface area contributed by atoms with Crippen LogP contribution in [0.4, 0.5) is 0 Å². The number of aliphatic hydroxyl groups excluding tert-OH is 2. The highest BCUT2D eigenvalue weighted by Gasteiger charge is 2.52. The van der Waals surface area contributed by atoms with Gasteiger partial charge in [0.1, 0.15) is 0 Å². The fraction of sp³-hybridized carbons (Fsp3) is 0.529. The van der Waals surface area contributed by atoms with Gasteiger partial charge in [0, 0.05) is 101 Å². The number of carbonyl (C=O) groups excluding carboxylic acids is 2. The molecule has 12 nitrogen and oxygen atoms in total. The molecule has 2 saturated heterocycles. The molecule has 12 heteroatoms. The summed E-state index contributed by atoms with van der Waals surface area (Å²) in [5.41, 5.74) is 3.12. The van der Waals surface area contributed by atoms with Gasteiger partial charge in [-0.2, -0.15) is 0 Å². The molecule has 2 aromatic heterocycles. The highest BCUT2D eigenvalue weighted by molar-refractivity contribution is 5.83. The van der Waals surface area contributed by atoms with Crippen LogP contribution in [0.3, 0.4) is 0 Å². The first-order valence-electron chi connectivity index (χ1n) is 15.9. The van der Waals surface area contributed by atoms with Crippen molar-refractivity contribution >= 4 is 24.0 Å². The minimum absolute atomic E-state index is 0.0102. The number of rotatable bonds is 6. The summed E-state index contributed by atoms with van der Waals surface area (Å²) < 4.78 is 3.55. The smallest absolute Gasteiger partial charge is 0.258 e. The molecular formula is C34H46N6O6. The summed E-state index contributed by atoms with van der Waals surface area (Å²) in [5, 5.41) is 26.3. The highest BCUT2D eigenvalue weighted by atomic mass is 16.3. The first-order chi connectivity index (χ1) is 22.0. The Kier molecular flexibility index (Phi) is 9.83. The molecule has 0 bridgehead atoms. The van der Waals surface area contributed by atoms with Crippen LogP contribution in [0.15, 0.2) is 46.0 Å². The summed E-state index contributed by atoms with van der Waals surface area (Å²) in [4.78, 5) is 52.9. The molecule has 0 radical (unpaired) electrons. The molecule has 0 unspecified atom stereocenters. The van der Waals surface area contributed by atoms with Crippen molar-refractivity contribution < 1.29 is 19.8 Å². The zero-order valence-corrected chi connectivity index (χ0v) is 27.4. The second kappa shape index (κ2) is 13.5. The van der Waals surface area contributed by atoms with Crippen LogP contribution in [0.5, 0.6) is 0 Å². The van der Waals surface area contributed by atoms with E-state index in [1.54, 1.807) is 59.3 Å². The first-order valence-corrected chi connectivity index (χ1v) is 15.9. The maximum Gasteiger partial charge on any atom is 0.258 e. The minimum atomic E-state index is -0.399. The zero-order valence-electron chi connectivity index (χ0n) is 27.4. The molecule has 0 aromatic carbocycles. The topological polar surface area (TPSA) is 149 Å². The van der Waals surface area contributed by atoms with Crippen LogP contribution in [-0.4, -0.2) is 94.4 Å². The number of allylic oxidation sites excluding steroid dienone is 2. The van der Waals surface area contributed by atoms with Crippen molar-refractivity contribution in [3.05, 3.63) is 79.6 Å². The van der Waals surface area contributed by atoms with Crippen LogP contribution in [0.1, 0.15) is 48.4 Å². The third-order valence-corrected chi connectivity index (χ3v) is 9.96. The number of pyridine rings is 2. The Morgan fingerprint density at radius 3 is 1.41 bits per heavy atom. The molecule has 4 N–H and O–H groups in total. The summed E-state index contributed by atoms with van der Waals surface area (Å²) in [5.74, 6) is -0.306. The lowest BCUT2D eigenvalue weighted by molar-refractivity contribution is -0.132. The second-order valence-electron chi connectivity index (χ2n) is 13.0. The minimum Gasteiger partial charge on any atom is -0.396 e. The number of carbonyl (C=O) groups is 2. The van der Waals surface area contributed by atoms with E-state index in [-0.39, 0.29) is 71.9 Å². The number of amides is 2. The summed E-state index contributed by atoms with van der Waals surface area (Å²) in [6, 6.07) is 6.63. The van der Waals surface area contributed by atoms with Crippen molar-refractivity contribution in [3.63, 3.8) is 0 Å². The average molecular weight is 635 g/mol. The number of aromatic nitrogens is 2. The SMILES string of the molecule is C/C=C/c1ccc2n(c1=O)C[C@H]1[C@H](CO)[C@@H](C(=O)N(C)C)N[C@@H]21.C/C=C\c1ccc2n(c1=O)C[C@H]1[C@H](CO)[C@@H](C(=O)N(C)C)N[C@@H]21. The standard InChI is InChI=1S/2C17H23N3O3/c2*1-4-5-10-6-7-13-14-11(8-20(13)16(10)22)12(9-21)15(18-14)17(23)19(2)3/h2*4-7,11-12,14-15,18,21H,8-9H2,1-3H3/b5-4+;5-4-/t2*11-,12-,14+,15-/m00/s1. The van der Waals surface area contributed by atoms with E-state index in [2.05, 4.69) is 10.6 Å². The monoisotopic (exact) mass is 634 g/mol. The van der Waals surface area contributed by atoms with Crippen LogP contribution in [0, 0.1) is 23.7 Å². The second-order valence-corrected chi connectivity index (χ2v) is 13.0. The van der Waals surface area contributed by atoms with Crippen molar-refractivity contribution in [2.45, 2.75) is 51.1 Å². The molecule has 4 aliphatic heterocycles. The fourth-order valence-corrected chi connectivity index (χ4v) is 7.68. The van der Waals surface area contributed by atoms with Gasteiger partial charge in [0.2, 0.25) is 11.8 Å². The van der Waals surface area contributed by atoms with Gasteiger partial charge in [0.15, 0.2) is 0 Å². The summed E-state index contributed by atoms with van der Waals surface area (Å²) in [6.45, 7) is 4.71. The normalized spacial score (nSPS) is 28.9. The number of aliphatic hydroxyl groups is 2. The van der Waals surface area contributed by atoms with E-state index in [9.17, 15) is 29.4 Å². The average Bonchev–Trinajstić information content (AvgIpc) is 3.77. The molecule has 248 valence electrons. The molecular weight excluding hydrogens is 588 g/mol. The van der Waals surface area contributed by atoms with Crippen LogP contribution in [0.2, 0.25) is 0 Å². The summed E-state index contributed by atoms with van der Waals surface area (Å²) in [7, 11) is 6.87. The quantitative estimate of drug-likeness (QED) is 0.358. The lowest BCUT2D eigenvalue weighted by atomic mass is 9.88. The predicted octanol–water partition coefficient (Wildman–Crippen LogP) is 0.442. The van der Waals surface area contributed by atoms with Gasteiger partial charge >= 0.3 is 0 Å². The number of hydrogen-bond acceptors (Lipinski definition) is 8. The molecule has 0 saturated carbocycles. The summed E-state index contributed by atoms with van der Waals surface area (Å²) >= 11 is 0. The number of fused-ring (bicyclic) bond motifs is 6. The Balaban J connectivity index is 0.000000181. The largest absolute Gasteiger partial charge is 0.396 e. The van der Waals surface area contributed by atoms with E-state index >= 15 is 0 Å². The van der Waals surface area contributed by atoms with Crippen molar-refractivity contribution in [1.29, 1.82) is 0 Å². The Labute approximate surface area is 269 Å². The van der Waals surface area contributed by atoms with Gasteiger partial charge in [-0.3, -0.25) is 29.8 Å². The maximum absolute atomic E-state index is 12.5. The van der Waals surface area contributed by atoms with Crippen molar-refractivity contribution in [2.24, 2.45) is 23.7 Å². The van der Waals surface area contributed by atoms with Gasteiger partial charge in [-0.05, 0) is 38.1 Å². The molecule has 0 aliphatic carbocycles. The third kappa shape index (κ3) is 5.68. The van der Waals surface area contributed by atoms with E-state index in [1.165, 1.54) is 0 Å². The Morgan fingerprint density at radius 2 is 1.11 bits per heavy atom. The molecule has 0 spiro atoms. The lowest BCUT2D eigenvalue weighted by Crippen LogP contribution is -2.45. The van der Waals surface area contributed by atoms with Gasteiger partial charge < -0.3 is 29.1 Å². The van der Waals surface area contributed by atoms with Crippen LogP contribution < -0.4 is 21.8 Å². The van der Waals surface area contributed by atoms with Gasteiger partial charge in [-0.15, -0.1) is 0 Å². The fourth-order valence-electron chi connectivity index (χ4n) is 7.68. The van der Waals surface area contributed by atoms with E-state index in [1.807, 2.05) is 50.3 Å². The highest BCUT2D eigenvalue weighted by Crippen LogP contribution is 2.44. The number of nitrogens with one attached hydrogen (secondary N) is 2. The Hall–Kier alpha value is -3.84. The van der Waals surface area contributed by atoms with Gasteiger partial charge in [0.25, 0.3) is 11.1 Å². The van der Waals surface area contributed by atoms with Crippen LogP contribution in [-0.2, 0) is 22.7 Å². The van der Waals surface area contributed by atoms with Gasteiger partial charge in [-0.1, -0.05) is 24.3 Å². The Bertz CT molecular complexity index is 1540. The van der Waals surface area contributed by atoms with Crippen molar-refractivity contribution in [2.75, 3.05) is 41.4 Å². The van der Waals surface area contributed by atoms with Gasteiger partial charge in [-0.25, -0.2) is 0 Å². The maximum atomic E-state index is 12.5. The summed E-state index contributed by atoms with van der Waals surface area (Å²) in [6.07, 6.45) is 7.30.